The Bertz CT molecular complexity index is 412. The van der Waals surface area contributed by atoms with E-state index in [9.17, 15) is 4.79 Å². The first-order chi connectivity index (χ1) is 9.21. The molecule has 6 heteroatoms. The molecule has 0 aliphatic rings. The summed E-state index contributed by atoms with van der Waals surface area (Å²) < 4.78 is 10.3. The van der Waals surface area contributed by atoms with Gasteiger partial charge in [0, 0.05) is 12.7 Å². The molecule has 1 amide bonds. The topological polar surface area (TPSA) is 67.8 Å². The molecule has 0 aliphatic heterocycles. The summed E-state index contributed by atoms with van der Waals surface area (Å²) in [5, 5.41) is 11.4. The predicted octanol–water partition coefficient (Wildman–Crippen LogP) is 1.76. The molecule has 1 aromatic carbocycles. The molecule has 0 aliphatic carbocycles. The Balaban J connectivity index is 2.56. The zero-order valence-corrected chi connectivity index (χ0v) is 12.0. The van der Waals surface area contributed by atoms with Gasteiger partial charge < -0.3 is 19.9 Å². The van der Waals surface area contributed by atoms with E-state index < -0.39 is 0 Å². The van der Waals surface area contributed by atoms with Crippen LogP contribution in [0.25, 0.3) is 0 Å². The summed E-state index contributed by atoms with van der Waals surface area (Å²) >= 11 is 1.48. The van der Waals surface area contributed by atoms with Crippen molar-refractivity contribution >= 4 is 23.4 Å². The molecule has 0 radical (unpaired) electrons. The third-order valence-electron chi connectivity index (χ3n) is 2.36. The number of nitrogens with one attached hydrogen (secondary N) is 1. The number of carbonyl (C=O) groups is 1. The zero-order valence-electron chi connectivity index (χ0n) is 11.1. The van der Waals surface area contributed by atoms with Gasteiger partial charge in [-0.3, -0.25) is 4.79 Å². The number of aliphatic hydroxyl groups is 1. The standard InChI is InChI=1S/C13H19NO4S/c1-17-10-4-5-12(18-2)11(8-10)14-13(16)9-19-7-3-6-15/h4-5,8,15H,3,6-7,9H2,1-2H3,(H,14,16). The molecule has 5 nitrogen and oxygen atoms in total. The highest BCUT2D eigenvalue weighted by molar-refractivity contribution is 7.99. The maximum absolute atomic E-state index is 11.8. The van der Waals surface area contributed by atoms with Crippen LogP contribution in [0.1, 0.15) is 6.42 Å². The molecule has 0 aromatic heterocycles. The molecule has 2 N–H and O–H groups in total. The Morgan fingerprint density at radius 2 is 2.16 bits per heavy atom. The van der Waals surface area contributed by atoms with Gasteiger partial charge in [-0.1, -0.05) is 0 Å². The van der Waals surface area contributed by atoms with Crippen LogP contribution < -0.4 is 14.8 Å². The van der Waals surface area contributed by atoms with Crippen molar-refractivity contribution in [1.29, 1.82) is 0 Å². The molecule has 0 saturated carbocycles. The van der Waals surface area contributed by atoms with Crippen LogP contribution in [0.5, 0.6) is 11.5 Å². The van der Waals surface area contributed by atoms with Crippen molar-refractivity contribution in [3.05, 3.63) is 18.2 Å². The Morgan fingerprint density at radius 3 is 2.79 bits per heavy atom. The summed E-state index contributed by atoms with van der Waals surface area (Å²) in [5.41, 5.74) is 0.592. The first-order valence-electron chi connectivity index (χ1n) is 5.91. The Morgan fingerprint density at radius 1 is 1.37 bits per heavy atom. The largest absolute Gasteiger partial charge is 0.497 e. The van der Waals surface area contributed by atoms with E-state index >= 15 is 0 Å². The SMILES string of the molecule is COc1ccc(OC)c(NC(=O)CSCCCO)c1. The summed E-state index contributed by atoms with van der Waals surface area (Å²) in [6.45, 7) is 0.151. The van der Waals surface area contributed by atoms with Gasteiger partial charge in [0.25, 0.3) is 0 Å². The average Bonchev–Trinajstić information content (AvgIpc) is 2.43. The zero-order chi connectivity index (χ0) is 14.1. The Kier molecular flexibility index (Phi) is 7.14. The van der Waals surface area contributed by atoms with E-state index in [1.54, 1.807) is 32.4 Å². The van der Waals surface area contributed by atoms with Gasteiger partial charge in [-0.15, -0.1) is 0 Å². The van der Waals surface area contributed by atoms with Gasteiger partial charge in [0.2, 0.25) is 5.91 Å². The van der Waals surface area contributed by atoms with Gasteiger partial charge in [-0.05, 0) is 24.3 Å². The number of carbonyl (C=O) groups excluding carboxylic acids is 1. The van der Waals surface area contributed by atoms with Gasteiger partial charge >= 0.3 is 0 Å². The van der Waals surface area contributed by atoms with Crippen molar-refractivity contribution in [3.63, 3.8) is 0 Å². The molecule has 1 aromatic rings. The van der Waals surface area contributed by atoms with Crippen molar-refractivity contribution in [3.8, 4) is 11.5 Å². The number of aliphatic hydroxyl groups excluding tert-OH is 1. The van der Waals surface area contributed by atoms with E-state index in [-0.39, 0.29) is 12.5 Å². The minimum absolute atomic E-state index is 0.102. The summed E-state index contributed by atoms with van der Waals surface area (Å²) in [6.07, 6.45) is 0.695. The monoisotopic (exact) mass is 285 g/mol. The molecule has 0 spiro atoms. The van der Waals surface area contributed by atoms with Crippen LogP contribution in [0.3, 0.4) is 0 Å². The lowest BCUT2D eigenvalue weighted by Crippen LogP contribution is -2.15. The number of amides is 1. The third-order valence-corrected chi connectivity index (χ3v) is 3.40. The smallest absolute Gasteiger partial charge is 0.234 e. The van der Waals surface area contributed by atoms with Gasteiger partial charge in [-0.2, -0.15) is 11.8 Å². The summed E-state index contributed by atoms with van der Waals surface area (Å²) in [5.74, 6) is 2.26. The molecular formula is C13H19NO4S. The second-order valence-electron chi connectivity index (χ2n) is 3.74. The number of thioether (sulfide) groups is 1. The van der Waals surface area contributed by atoms with Gasteiger partial charge in [-0.25, -0.2) is 0 Å². The van der Waals surface area contributed by atoms with E-state index in [0.29, 0.717) is 29.4 Å². The lowest BCUT2D eigenvalue weighted by molar-refractivity contribution is -0.113. The molecule has 0 bridgehead atoms. The highest BCUT2D eigenvalue weighted by atomic mass is 32.2. The van der Waals surface area contributed by atoms with Crippen molar-refractivity contribution in [1.82, 2.24) is 0 Å². The number of benzene rings is 1. The average molecular weight is 285 g/mol. The Labute approximate surface area is 117 Å². The lowest BCUT2D eigenvalue weighted by atomic mass is 10.2. The fourth-order valence-corrected chi connectivity index (χ4v) is 2.16. The number of anilines is 1. The predicted molar refractivity (Wildman–Crippen MR) is 77.2 cm³/mol. The molecule has 19 heavy (non-hydrogen) atoms. The second-order valence-corrected chi connectivity index (χ2v) is 4.85. The fraction of sp³-hybridized carbons (Fsp3) is 0.462. The van der Waals surface area contributed by atoms with Crippen LogP contribution in [-0.4, -0.2) is 43.3 Å². The minimum atomic E-state index is -0.102. The Hall–Kier alpha value is -1.40. The number of methoxy groups -OCH3 is 2. The minimum Gasteiger partial charge on any atom is -0.497 e. The van der Waals surface area contributed by atoms with E-state index in [4.69, 9.17) is 14.6 Å². The van der Waals surface area contributed by atoms with E-state index in [1.165, 1.54) is 11.8 Å². The first-order valence-corrected chi connectivity index (χ1v) is 7.07. The lowest BCUT2D eigenvalue weighted by Gasteiger charge is -2.11. The maximum Gasteiger partial charge on any atom is 0.234 e. The summed E-state index contributed by atoms with van der Waals surface area (Å²) in [6, 6.07) is 5.23. The maximum atomic E-state index is 11.8. The van der Waals surface area contributed by atoms with E-state index in [0.717, 1.165) is 5.75 Å². The molecule has 0 fully saturated rings. The van der Waals surface area contributed by atoms with Crippen LogP contribution in [0.4, 0.5) is 5.69 Å². The van der Waals surface area contributed by atoms with Gasteiger partial charge in [0.15, 0.2) is 0 Å². The van der Waals surface area contributed by atoms with Gasteiger partial charge in [0.1, 0.15) is 11.5 Å². The van der Waals surface area contributed by atoms with Crippen LogP contribution in [-0.2, 0) is 4.79 Å². The molecule has 0 saturated heterocycles. The highest BCUT2D eigenvalue weighted by Gasteiger charge is 2.09. The van der Waals surface area contributed by atoms with Crippen LogP contribution in [0.2, 0.25) is 0 Å². The van der Waals surface area contributed by atoms with Crippen molar-refractivity contribution < 1.29 is 19.4 Å². The first kappa shape index (κ1) is 15.7. The summed E-state index contributed by atoms with van der Waals surface area (Å²) in [4.78, 5) is 11.8. The molecule has 0 heterocycles. The quantitative estimate of drug-likeness (QED) is 0.712. The number of hydrogen-bond donors (Lipinski definition) is 2. The van der Waals surface area contributed by atoms with Crippen molar-refractivity contribution in [2.75, 3.05) is 37.6 Å². The molecule has 106 valence electrons. The molecular weight excluding hydrogens is 266 g/mol. The number of ether oxygens (including phenoxy) is 2. The van der Waals surface area contributed by atoms with E-state index in [1.807, 2.05) is 0 Å². The molecule has 1 rings (SSSR count). The second kappa shape index (κ2) is 8.66. The van der Waals surface area contributed by atoms with Crippen LogP contribution >= 0.6 is 11.8 Å². The van der Waals surface area contributed by atoms with Crippen molar-refractivity contribution in [2.45, 2.75) is 6.42 Å². The fourth-order valence-electron chi connectivity index (χ4n) is 1.43. The van der Waals surface area contributed by atoms with Gasteiger partial charge in [0.05, 0.1) is 25.7 Å². The summed E-state index contributed by atoms with van der Waals surface area (Å²) in [7, 11) is 3.12. The normalized spacial score (nSPS) is 10.1. The van der Waals surface area contributed by atoms with Crippen LogP contribution in [0, 0.1) is 0 Å². The van der Waals surface area contributed by atoms with Crippen LogP contribution in [0.15, 0.2) is 18.2 Å². The number of rotatable bonds is 8. The highest BCUT2D eigenvalue weighted by Crippen LogP contribution is 2.28. The molecule has 0 atom stereocenters. The number of hydrogen-bond acceptors (Lipinski definition) is 5. The van der Waals surface area contributed by atoms with Crippen molar-refractivity contribution in [2.24, 2.45) is 0 Å². The molecule has 0 unspecified atom stereocenters. The third kappa shape index (κ3) is 5.40. The van der Waals surface area contributed by atoms with E-state index in [2.05, 4.69) is 5.32 Å².